The number of aryl methyl sites for hydroxylation is 1. The predicted molar refractivity (Wildman–Crippen MR) is 110 cm³/mol. The van der Waals surface area contributed by atoms with Gasteiger partial charge in [0, 0.05) is 0 Å². The van der Waals surface area contributed by atoms with Crippen molar-refractivity contribution in [1.82, 2.24) is 0 Å². The standard InChI is InChI=1S/C22H30O3S/c1-7-9-10-19-21(26(23,24)25)13-20-16(8-2)17(14(3)4)11-12-18(20)22(19)15(5)6/h7,9,11-15H,8,10H2,1-6H3,(H,23,24,25). The minimum atomic E-state index is -4.30. The Morgan fingerprint density at radius 1 is 1.04 bits per heavy atom. The smallest absolute Gasteiger partial charge is 0.282 e. The third-order valence-corrected chi connectivity index (χ3v) is 5.89. The number of hydrogen-bond acceptors (Lipinski definition) is 2. The number of hydrogen-bond donors (Lipinski definition) is 1. The van der Waals surface area contributed by atoms with Crippen molar-refractivity contribution in [3.8, 4) is 0 Å². The Kier molecular flexibility index (Phi) is 6.30. The zero-order chi connectivity index (χ0) is 19.6. The van der Waals surface area contributed by atoms with Crippen molar-refractivity contribution in [2.75, 3.05) is 0 Å². The van der Waals surface area contributed by atoms with Gasteiger partial charge in [0.25, 0.3) is 10.1 Å². The number of rotatable bonds is 6. The van der Waals surface area contributed by atoms with Gasteiger partial charge in [0.05, 0.1) is 4.90 Å². The van der Waals surface area contributed by atoms with Crippen LogP contribution in [0.4, 0.5) is 0 Å². The summed E-state index contributed by atoms with van der Waals surface area (Å²) in [5.74, 6) is 0.503. The van der Waals surface area contributed by atoms with Crippen molar-refractivity contribution in [2.24, 2.45) is 0 Å². The van der Waals surface area contributed by atoms with E-state index >= 15 is 0 Å². The van der Waals surface area contributed by atoms with E-state index in [2.05, 4.69) is 46.8 Å². The first-order valence-electron chi connectivity index (χ1n) is 9.33. The Balaban J connectivity index is 3.07. The van der Waals surface area contributed by atoms with Crippen LogP contribution < -0.4 is 0 Å². The molecule has 0 radical (unpaired) electrons. The van der Waals surface area contributed by atoms with Crippen LogP contribution in [0.25, 0.3) is 10.8 Å². The second-order valence-electron chi connectivity index (χ2n) is 7.41. The van der Waals surface area contributed by atoms with Gasteiger partial charge in [-0.1, -0.05) is 58.9 Å². The summed E-state index contributed by atoms with van der Waals surface area (Å²) in [5.41, 5.74) is 4.12. The Labute approximate surface area is 157 Å². The quantitative estimate of drug-likeness (QED) is 0.497. The van der Waals surface area contributed by atoms with Gasteiger partial charge in [0.2, 0.25) is 0 Å². The summed E-state index contributed by atoms with van der Waals surface area (Å²) in [5, 5.41) is 2.03. The zero-order valence-electron chi connectivity index (χ0n) is 16.6. The molecule has 0 heterocycles. The lowest BCUT2D eigenvalue weighted by atomic mass is 9.84. The minimum absolute atomic E-state index is 0.0439. The van der Waals surface area contributed by atoms with Crippen molar-refractivity contribution in [2.45, 2.75) is 71.1 Å². The number of benzene rings is 2. The van der Waals surface area contributed by atoms with Gasteiger partial charge in [-0.25, -0.2) is 0 Å². The second kappa shape index (κ2) is 7.93. The molecule has 0 amide bonds. The SMILES string of the molecule is CC=CCc1c(S(=O)(=O)O)cc2c(CC)c(C(C)C)ccc2c1C(C)C. The van der Waals surface area contributed by atoms with Crippen LogP contribution in [0.5, 0.6) is 0 Å². The van der Waals surface area contributed by atoms with Gasteiger partial charge in [0.15, 0.2) is 0 Å². The highest BCUT2D eigenvalue weighted by molar-refractivity contribution is 7.85. The molecule has 0 aliphatic heterocycles. The summed E-state index contributed by atoms with van der Waals surface area (Å²) in [6, 6.07) is 5.97. The number of allylic oxidation sites excluding steroid dienone is 2. The maximum absolute atomic E-state index is 12.2. The predicted octanol–water partition coefficient (Wildman–Crippen LogP) is 6.01. The molecule has 0 aliphatic carbocycles. The van der Waals surface area contributed by atoms with Crippen molar-refractivity contribution < 1.29 is 13.0 Å². The van der Waals surface area contributed by atoms with Crippen LogP contribution in [0.2, 0.25) is 0 Å². The van der Waals surface area contributed by atoms with Crippen molar-refractivity contribution in [3.63, 3.8) is 0 Å². The van der Waals surface area contributed by atoms with Gasteiger partial charge in [0.1, 0.15) is 0 Å². The van der Waals surface area contributed by atoms with Crippen molar-refractivity contribution in [3.05, 3.63) is 52.6 Å². The van der Waals surface area contributed by atoms with Crippen LogP contribution in [0.15, 0.2) is 35.2 Å². The van der Waals surface area contributed by atoms with E-state index in [1.165, 1.54) is 11.1 Å². The molecule has 0 saturated carbocycles. The highest BCUT2D eigenvalue weighted by Gasteiger charge is 2.24. The topological polar surface area (TPSA) is 54.4 Å². The van der Waals surface area contributed by atoms with Crippen molar-refractivity contribution in [1.29, 1.82) is 0 Å². The first-order valence-corrected chi connectivity index (χ1v) is 10.8. The van der Waals surface area contributed by atoms with E-state index in [0.29, 0.717) is 17.9 Å². The van der Waals surface area contributed by atoms with Gasteiger partial charge < -0.3 is 0 Å². The van der Waals surface area contributed by atoms with Gasteiger partial charge in [-0.3, -0.25) is 4.55 Å². The highest BCUT2D eigenvalue weighted by Crippen LogP contribution is 2.38. The minimum Gasteiger partial charge on any atom is -0.282 e. The lowest BCUT2D eigenvalue weighted by Crippen LogP contribution is -2.09. The van der Waals surface area contributed by atoms with E-state index in [1.807, 2.05) is 19.1 Å². The van der Waals surface area contributed by atoms with E-state index < -0.39 is 10.1 Å². The third kappa shape index (κ3) is 3.86. The molecule has 0 aromatic heterocycles. The van der Waals surface area contributed by atoms with E-state index in [1.54, 1.807) is 6.07 Å². The van der Waals surface area contributed by atoms with Crippen LogP contribution >= 0.6 is 0 Å². The Hall–Kier alpha value is -1.65. The third-order valence-electron chi connectivity index (χ3n) is 4.97. The van der Waals surface area contributed by atoms with Crippen LogP contribution in [0.3, 0.4) is 0 Å². The molecule has 26 heavy (non-hydrogen) atoms. The summed E-state index contributed by atoms with van der Waals surface area (Å²) in [6.45, 7) is 12.4. The molecule has 0 saturated heterocycles. The summed E-state index contributed by atoms with van der Waals surface area (Å²) in [7, 11) is -4.30. The molecular formula is C22H30O3S. The fraction of sp³-hybridized carbons (Fsp3) is 0.455. The maximum Gasteiger partial charge on any atom is 0.294 e. The molecule has 0 atom stereocenters. The molecule has 0 bridgehead atoms. The number of fused-ring (bicyclic) bond motifs is 1. The first-order chi connectivity index (χ1) is 12.1. The normalized spacial score (nSPS) is 12.8. The van der Waals surface area contributed by atoms with Crippen molar-refractivity contribution >= 4 is 20.9 Å². The zero-order valence-corrected chi connectivity index (χ0v) is 17.4. The summed E-state index contributed by atoms with van der Waals surface area (Å²) >= 11 is 0. The van der Waals surface area contributed by atoms with Crippen LogP contribution in [0, 0.1) is 0 Å². The fourth-order valence-electron chi connectivity index (χ4n) is 3.87. The highest BCUT2D eigenvalue weighted by atomic mass is 32.2. The molecule has 0 aliphatic rings. The largest absolute Gasteiger partial charge is 0.294 e. The molecule has 142 valence electrons. The van der Waals surface area contributed by atoms with E-state index in [4.69, 9.17) is 0 Å². The molecule has 0 fully saturated rings. The van der Waals surface area contributed by atoms with Crippen LogP contribution in [0.1, 0.15) is 75.6 Å². The summed E-state index contributed by atoms with van der Waals surface area (Å²) < 4.78 is 34.3. The molecule has 4 heteroatoms. The molecule has 1 N–H and O–H groups in total. The lowest BCUT2D eigenvalue weighted by molar-refractivity contribution is 0.482. The first kappa shape index (κ1) is 20.7. The molecule has 2 aromatic carbocycles. The Bertz CT molecular complexity index is 936. The Morgan fingerprint density at radius 3 is 2.15 bits per heavy atom. The molecular weight excluding hydrogens is 344 g/mol. The van der Waals surface area contributed by atoms with Crippen LogP contribution in [-0.4, -0.2) is 13.0 Å². The average molecular weight is 375 g/mol. The summed E-state index contributed by atoms with van der Waals surface area (Å²) in [4.78, 5) is 0.0439. The lowest BCUT2D eigenvalue weighted by Gasteiger charge is -2.22. The van der Waals surface area contributed by atoms with Gasteiger partial charge in [-0.2, -0.15) is 8.42 Å². The van der Waals surface area contributed by atoms with Gasteiger partial charge in [-0.05, 0) is 70.7 Å². The molecule has 0 unspecified atom stereocenters. The molecule has 3 nitrogen and oxygen atoms in total. The monoisotopic (exact) mass is 374 g/mol. The van der Waals surface area contributed by atoms with E-state index in [9.17, 15) is 13.0 Å². The second-order valence-corrected chi connectivity index (χ2v) is 8.80. The molecule has 2 aromatic rings. The Morgan fingerprint density at radius 2 is 1.69 bits per heavy atom. The van der Waals surface area contributed by atoms with Crippen LogP contribution in [-0.2, 0) is 23.0 Å². The molecule has 2 rings (SSSR count). The maximum atomic E-state index is 12.2. The van der Waals surface area contributed by atoms with E-state index in [0.717, 1.165) is 22.8 Å². The fourth-order valence-corrected chi connectivity index (χ4v) is 4.64. The average Bonchev–Trinajstić information content (AvgIpc) is 2.55. The molecule has 0 spiro atoms. The van der Waals surface area contributed by atoms with Gasteiger partial charge >= 0.3 is 0 Å². The summed E-state index contributed by atoms with van der Waals surface area (Å²) in [6.07, 6.45) is 5.15. The van der Waals surface area contributed by atoms with Gasteiger partial charge in [-0.15, -0.1) is 0 Å². The van der Waals surface area contributed by atoms with E-state index in [-0.39, 0.29) is 10.8 Å².